The van der Waals surface area contributed by atoms with Gasteiger partial charge in [0.05, 0.1) is 0 Å². The van der Waals surface area contributed by atoms with Gasteiger partial charge >= 0.3 is 101 Å². The van der Waals surface area contributed by atoms with Gasteiger partial charge in [0.15, 0.2) is 0 Å². The third-order valence-corrected chi connectivity index (χ3v) is 3.04. The van der Waals surface area contributed by atoms with E-state index in [1.54, 1.807) is 24.3 Å². The molecule has 81 valence electrons. The van der Waals surface area contributed by atoms with E-state index in [0.717, 1.165) is 5.75 Å². The molecule has 4 heteroatoms. The van der Waals surface area contributed by atoms with Crippen LogP contribution in [0, 0.1) is 0 Å². The topological polar surface area (TPSA) is 38.7 Å². The van der Waals surface area contributed by atoms with Crippen molar-refractivity contribution in [1.29, 1.82) is 0 Å². The molecule has 0 unspecified atom stereocenters. The van der Waals surface area contributed by atoms with Gasteiger partial charge in [-0.2, -0.15) is 0 Å². The van der Waals surface area contributed by atoms with Crippen LogP contribution in [0.2, 0.25) is 0 Å². The van der Waals surface area contributed by atoms with E-state index in [1.165, 1.54) is 0 Å². The second kappa shape index (κ2) is 5.47. The van der Waals surface area contributed by atoms with Crippen molar-refractivity contribution in [2.45, 2.75) is 0 Å². The summed E-state index contributed by atoms with van der Waals surface area (Å²) < 4.78 is 10.8. The van der Waals surface area contributed by atoms with Crippen LogP contribution < -0.4 is 7.45 Å². The molecular formula is C12H10AsO3. The fourth-order valence-corrected chi connectivity index (χ4v) is 2.06. The van der Waals surface area contributed by atoms with Gasteiger partial charge in [0.1, 0.15) is 0 Å². The van der Waals surface area contributed by atoms with Crippen molar-refractivity contribution in [2.24, 2.45) is 0 Å². The molecule has 0 saturated heterocycles. The predicted molar refractivity (Wildman–Crippen MR) is 61.6 cm³/mol. The van der Waals surface area contributed by atoms with E-state index < -0.39 is 16.4 Å². The van der Waals surface area contributed by atoms with Crippen molar-refractivity contribution in [3.63, 3.8) is 0 Å². The van der Waals surface area contributed by atoms with Crippen LogP contribution in [-0.4, -0.2) is 21.5 Å². The van der Waals surface area contributed by atoms with Gasteiger partial charge in [-0.1, -0.05) is 0 Å². The Labute approximate surface area is 101 Å². The molecule has 0 aliphatic heterocycles. The van der Waals surface area contributed by atoms with Crippen molar-refractivity contribution < 1.29 is 12.6 Å². The Hall–Kier alpha value is -1.60. The van der Waals surface area contributed by atoms with Crippen LogP contribution in [0.25, 0.3) is 0 Å². The molecular weight excluding hydrogens is 267 g/mol. The molecule has 0 aliphatic carbocycles. The number of benzene rings is 2. The number of rotatable bonds is 4. The maximum atomic E-state index is 9.22. The van der Waals surface area contributed by atoms with Crippen LogP contribution in [-0.2, 0) is 0 Å². The van der Waals surface area contributed by atoms with E-state index in [2.05, 4.69) is 0 Å². The van der Waals surface area contributed by atoms with Gasteiger partial charge in [-0.3, -0.25) is 0 Å². The molecule has 0 spiro atoms. The van der Waals surface area contributed by atoms with Crippen LogP contribution in [0.5, 0.6) is 17.2 Å². The Morgan fingerprint density at radius 2 is 1.50 bits per heavy atom. The third-order valence-electron chi connectivity index (χ3n) is 1.85. The van der Waals surface area contributed by atoms with Gasteiger partial charge in [0.2, 0.25) is 0 Å². The molecule has 0 heterocycles. The zero-order valence-corrected chi connectivity index (χ0v) is 10.3. The third kappa shape index (κ3) is 3.21. The van der Waals surface area contributed by atoms with Crippen molar-refractivity contribution in [1.82, 2.24) is 0 Å². The van der Waals surface area contributed by atoms with Gasteiger partial charge in [-0.15, -0.1) is 0 Å². The minimum atomic E-state index is -0.712. The van der Waals surface area contributed by atoms with Crippen LogP contribution in [0.3, 0.4) is 0 Å². The number of para-hydroxylation sites is 1. The second-order valence-electron chi connectivity index (χ2n) is 3.07. The summed E-state index contributed by atoms with van der Waals surface area (Å²) in [4.78, 5) is 0. The molecule has 0 bridgehead atoms. The SMILES string of the molecule is Oc1cccc(O[As]Oc2ccccc2)c1. The van der Waals surface area contributed by atoms with Gasteiger partial charge in [0.25, 0.3) is 0 Å². The fraction of sp³-hybridized carbons (Fsp3) is 0. The van der Waals surface area contributed by atoms with Crippen LogP contribution in [0.15, 0.2) is 54.6 Å². The number of phenols is 1. The molecule has 3 nitrogen and oxygen atoms in total. The fourth-order valence-electron chi connectivity index (χ4n) is 1.13. The monoisotopic (exact) mass is 277 g/mol. The van der Waals surface area contributed by atoms with E-state index in [4.69, 9.17) is 7.45 Å². The Morgan fingerprint density at radius 1 is 0.812 bits per heavy atom. The van der Waals surface area contributed by atoms with Crippen molar-refractivity contribution in [2.75, 3.05) is 0 Å². The van der Waals surface area contributed by atoms with Crippen molar-refractivity contribution in [3.8, 4) is 17.2 Å². The van der Waals surface area contributed by atoms with Gasteiger partial charge in [-0.05, 0) is 0 Å². The first kappa shape index (κ1) is 10.9. The molecule has 2 aromatic carbocycles. The molecule has 1 N–H and O–H groups in total. The first-order chi connectivity index (χ1) is 7.84. The summed E-state index contributed by atoms with van der Waals surface area (Å²) >= 11 is -0.712. The normalized spacial score (nSPS) is 10.5. The molecule has 16 heavy (non-hydrogen) atoms. The average Bonchev–Trinajstić information content (AvgIpc) is 2.30. The first-order valence-electron chi connectivity index (χ1n) is 4.73. The molecule has 2 rings (SSSR count). The summed E-state index contributed by atoms with van der Waals surface area (Å²) in [6, 6.07) is 16.2. The predicted octanol–water partition coefficient (Wildman–Crippen LogP) is 2.38. The quantitative estimate of drug-likeness (QED) is 0.872. The molecule has 0 saturated carbocycles. The standard InChI is InChI=1S/C12H10AsO3/c14-10-5-4-8-12(9-10)16-13-15-11-6-2-1-3-7-11/h1-9,14H. The molecule has 0 fully saturated rings. The van der Waals surface area contributed by atoms with E-state index in [-0.39, 0.29) is 5.75 Å². The Kier molecular flexibility index (Phi) is 3.73. The van der Waals surface area contributed by atoms with Crippen molar-refractivity contribution in [3.05, 3.63) is 54.6 Å². The number of aromatic hydroxyl groups is 1. The van der Waals surface area contributed by atoms with E-state index in [9.17, 15) is 5.11 Å². The molecule has 0 aliphatic rings. The Bertz CT molecular complexity index is 445. The number of hydrogen-bond acceptors (Lipinski definition) is 3. The van der Waals surface area contributed by atoms with Gasteiger partial charge < -0.3 is 0 Å². The zero-order valence-electron chi connectivity index (χ0n) is 8.41. The van der Waals surface area contributed by atoms with E-state index in [1.807, 2.05) is 30.3 Å². The number of hydrogen-bond donors (Lipinski definition) is 1. The molecule has 0 atom stereocenters. The zero-order chi connectivity index (χ0) is 11.2. The average molecular weight is 277 g/mol. The van der Waals surface area contributed by atoms with Crippen LogP contribution in [0.4, 0.5) is 0 Å². The summed E-state index contributed by atoms with van der Waals surface area (Å²) in [6.07, 6.45) is 0. The molecule has 0 amide bonds. The summed E-state index contributed by atoms with van der Waals surface area (Å²) in [5, 5.41) is 9.22. The van der Waals surface area contributed by atoms with Crippen LogP contribution in [0.1, 0.15) is 0 Å². The summed E-state index contributed by atoms with van der Waals surface area (Å²) in [5.41, 5.74) is 0. The molecule has 0 aromatic heterocycles. The minimum absolute atomic E-state index is 0.193. The first-order valence-corrected chi connectivity index (χ1v) is 6.26. The Balaban J connectivity index is 1.85. The van der Waals surface area contributed by atoms with E-state index in [0.29, 0.717) is 5.75 Å². The van der Waals surface area contributed by atoms with Crippen LogP contribution >= 0.6 is 0 Å². The van der Waals surface area contributed by atoms with Gasteiger partial charge in [-0.25, -0.2) is 0 Å². The Morgan fingerprint density at radius 3 is 2.25 bits per heavy atom. The van der Waals surface area contributed by atoms with E-state index >= 15 is 0 Å². The molecule has 1 radical (unpaired) electrons. The van der Waals surface area contributed by atoms with Crippen molar-refractivity contribution >= 4 is 16.4 Å². The molecule has 2 aromatic rings. The second-order valence-corrected chi connectivity index (χ2v) is 4.15. The van der Waals surface area contributed by atoms with Gasteiger partial charge in [0, 0.05) is 0 Å². The summed E-state index contributed by atoms with van der Waals surface area (Å²) in [6.45, 7) is 0. The maximum absolute atomic E-state index is 9.22. The summed E-state index contributed by atoms with van der Waals surface area (Å²) in [5.74, 6) is 1.61. The number of phenolic OH excluding ortho intramolecular Hbond substituents is 1. The summed E-state index contributed by atoms with van der Waals surface area (Å²) in [7, 11) is 0.